The number of pyridine rings is 1. The van der Waals surface area contributed by atoms with Crippen molar-refractivity contribution in [3.05, 3.63) is 65.2 Å². The van der Waals surface area contributed by atoms with E-state index in [4.69, 9.17) is 10.6 Å². The average molecular weight is 700 g/mol. The number of hydrogen-bond donors (Lipinski definition) is 4. The Hall–Kier alpha value is -4.19. The molecule has 3 aliphatic rings. The van der Waals surface area contributed by atoms with E-state index in [1.54, 1.807) is 17.5 Å². The highest BCUT2D eigenvalue weighted by Crippen LogP contribution is 2.42. The van der Waals surface area contributed by atoms with Gasteiger partial charge in [-0.15, -0.1) is 34.9 Å². The summed E-state index contributed by atoms with van der Waals surface area (Å²) in [6.45, 7) is 7.34. The largest absolute Gasteiger partial charge is 0.477 e. The van der Waals surface area contributed by atoms with Gasteiger partial charge in [0.1, 0.15) is 35.7 Å². The summed E-state index contributed by atoms with van der Waals surface area (Å²) < 4.78 is 17.5. The summed E-state index contributed by atoms with van der Waals surface area (Å²) in [5.74, 6) is -2.23. The third kappa shape index (κ3) is 6.39. The molecule has 5 N–H and O–H groups in total. The highest BCUT2D eigenvalue weighted by molar-refractivity contribution is 8.01. The summed E-state index contributed by atoms with van der Waals surface area (Å²) in [4.78, 5) is 51.7. The first-order chi connectivity index (χ1) is 22.7. The molecule has 1 unspecified atom stereocenters. The number of amides is 2. The molecule has 2 saturated heterocycles. The Balaban J connectivity index is 1.23. The van der Waals surface area contributed by atoms with Crippen LogP contribution in [0.25, 0.3) is 10.9 Å². The summed E-state index contributed by atoms with van der Waals surface area (Å²) in [5.41, 5.74) is 7.56. The van der Waals surface area contributed by atoms with Crippen LogP contribution in [-0.4, -0.2) is 94.7 Å². The van der Waals surface area contributed by atoms with Crippen LogP contribution in [0.4, 0.5) is 15.2 Å². The van der Waals surface area contributed by atoms with Gasteiger partial charge in [-0.25, -0.2) is 14.2 Å². The number of oxime groups is 1. The predicted octanol–water partition coefficient (Wildman–Crippen LogP) is 1.78. The molecule has 2 fully saturated rings. The number of carboxylic acids is 1. The van der Waals surface area contributed by atoms with E-state index in [1.165, 1.54) is 35.5 Å². The van der Waals surface area contributed by atoms with Crippen LogP contribution in [0.3, 0.4) is 0 Å². The molecule has 0 radical (unpaired) electrons. The van der Waals surface area contributed by atoms with Crippen molar-refractivity contribution in [3.63, 3.8) is 0 Å². The first-order valence-corrected chi connectivity index (χ1v) is 17.5. The molecule has 1 aromatic carbocycles. The number of carboxylic acid groups (broad SMARTS) is 1. The number of piperazine rings is 1. The van der Waals surface area contributed by atoms with Crippen LogP contribution in [0.15, 0.2) is 63.8 Å². The van der Waals surface area contributed by atoms with Crippen molar-refractivity contribution < 1.29 is 33.3 Å². The summed E-state index contributed by atoms with van der Waals surface area (Å²) in [5, 5.41) is 21.7. The quantitative estimate of drug-likeness (QED) is 0.0576. The van der Waals surface area contributed by atoms with Crippen molar-refractivity contribution in [3.8, 4) is 0 Å². The number of aromatic nitrogens is 2. The number of allylic oxidation sites excluding steroid dienone is 1. The summed E-state index contributed by atoms with van der Waals surface area (Å²) >= 11 is 3.86. The number of halogens is 1. The van der Waals surface area contributed by atoms with Crippen molar-refractivity contribution >= 4 is 80.1 Å². The van der Waals surface area contributed by atoms with Gasteiger partial charge in [-0.2, -0.15) is 4.57 Å². The Kier molecular flexibility index (Phi) is 9.67. The van der Waals surface area contributed by atoms with E-state index >= 15 is 4.39 Å². The van der Waals surface area contributed by atoms with E-state index in [-0.39, 0.29) is 33.8 Å². The van der Waals surface area contributed by atoms with Gasteiger partial charge in [-0.05, 0) is 17.7 Å². The van der Waals surface area contributed by atoms with Crippen LogP contribution in [-0.2, 0) is 25.8 Å². The van der Waals surface area contributed by atoms with Gasteiger partial charge in [-0.3, -0.25) is 14.5 Å². The van der Waals surface area contributed by atoms with E-state index in [2.05, 4.69) is 27.4 Å². The Bertz CT molecular complexity index is 1830. The zero-order valence-electron chi connectivity index (χ0n) is 25.3. The number of carbonyl (C=O) groups excluding carboxylic acids is 2. The smallest absolute Gasteiger partial charge is 0.352 e. The molecule has 2 amide bonds. The molecule has 0 saturated carbocycles. The van der Waals surface area contributed by atoms with Gasteiger partial charge in [0.2, 0.25) is 5.52 Å². The first-order valence-electron chi connectivity index (χ1n) is 14.6. The number of benzene rings is 1. The van der Waals surface area contributed by atoms with Crippen molar-refractivity contribution in [2.75, 3.05) is 55.4 Å². The van der Waals surface area contributed by atoms with Crippen LogP contribution in [0.2, 0.25) is 0 Å². The number of thiazole rings is 1. The average Bonchev–Trinajstić information content (AvgIpc) is 3.50. The maximum atomic E-state index is 15.5. The van der Waals surface area contributed by atoms with E-state index in [0.717, 1.165) is 34.8 Å². The van der Waals surface area contributed by atoms with Gasteiger partial charge in [0, 0.05) is 60.1 Å². The number of carbonyl (C=O) groups is 3. The molecule has 3 aliphatic heterocycles. The molecule has 5 heterocycles. The first kappa shape index (κ1) is 32.7. The SMILES string of the molecule is C=CC[n+]1ccc(SCC2=C(C(=O)O)N3C(=O)C(NC(=O)C(=NOC)c4csc(N)n4)[C@@H]3SC2)c2cc(F)c(N3CCNCC3)cc21. The number of hydrogen-bond acceptors (Lipinski definition) is 12. The minimum atomic E-state index is -1.24. The topological polar surface area (TPSA) is 166 Å². The molecule has 17 heteroatoms. The number of aliphatic carboxylic acids is 1. The molecule has 2 aromatic heterocycles. The van der Waals surface area contributed by atoms with Gasteiger partial charge in [0.15, 0.2) is 23.6 Å². The molecule has 6 rings (SSSR count). The fraction of sp³-hybridized carbons (Fsp3) is 0.333. The number of rotatable bonds is 11. The van der Waals surface area contributed by atoms with E-state index in [9.17, 15) is 19.5 Å². The highest BCUT2D eigenvalue weighted by atomic mass is 32.2. The molecule has 47 heavy (non-hydrogen) atoms. The lowest BCUT2D eigenvalue weighted by Gasteiger charge is -2.49. The van der Waals surface area contributed by atoms with Crippen molar-refractivity contribution in [2.24, 2.45) is 5.16 Å². The van der Waals surface area contributed by atoms with Crippen LogP contribution >= 0.6 is 34.9 Å². The monoisotopic (exact) mass is 699 g/mol. The zero-order valence-corrected chi connectivity index (χ0v) is 27.7. The molecule has 0 spiro atoms. The molecular formula is C30H32FN8O5S3+. The van der Waals surface area contributed by atoms with Crippen molar-refractivity contribution in [2.45, 2.75) is 22.9 Å². The van der Waals surface area contributed by atoms with Crippen LogP contribution in [0, 0.1) is 5.82 Å². The summed E-state index contributed by atoms with van der Waals surface area (Å²) in [6, 6.07) is 4.32. The Morgan fingerprint density at radius 2 is 2.17 bits per heavy atom. The van der Waals surface area contributed by atoms with Crippen LogP contribution in [0.5, 0.6) is 0 Å². The molecule has 3 aromatic rings. The number of β-lactam (4-membered cyclic amide) rings is 1. The fourth-order valence-electron chi connectivity index (χ4n) is 5.75. The van der Waals surface area contributed by atoms with Crippen molar-refractivity contribution in [1.82, 2.24) is 20.5 Å². The molecule has 0 bridgehead atoms. The maximum absolute atomic E-state index is 15.5. The minimum absolute atomic E-state index is 0.107. The Labute approximate surface area is 281 Å². The second-order valence-corrected chi connectivity index (χ2v) is 13.8. The van der Waals surface area contributed by atoms with Gasteiger partial charge < -0.3 is 31.2 Å². The lowest BCUT2D eigenvalue weighted by molar-refractivity contribution is -0.661. The summed E-state index contributed by atoms with van der Waals surface area (Å²) in [7, 11) is 1.28. The standard InChI is InChI=1S/C30H31FN8O5S3/c1-3-7-37-8-4-22(17-11-18(31)21(12-20(17)37)38-9-5-33-6-10-38)45-13-16-14-46-28-24(27(41)39(28)25(16)29(42)43)35-26(40)23(36-44-2)19-15-47-30(32)34-19/h3-4,8,11-12,15,24,28,33H,1,5-7,9-10,13-14H2,2H3,(H3-,32,34,35,40,42,43)/p+1/t24?,28-/m0/s1. The summed E-state index contributed by atoms with van der Waals surface area (Å²) in [6.07, 6.45) is 3.69. The Morgan fingerprint density at radius 3 is 2.85 bits per heavy atom. The van der Waals surface area contributed by atoms with Gasteiger partial charge >= 0.3 is 5.97 Å². The van der Waals surface area contributed by atoms with Crippen molar-refractivity contribution in [1.29, 1.82) is 0 Å². The van der Waals surface area contributed by atoms with Crippen LogP contribution in [0.1, 0.15) is 5.69 Å². The predicted molar refractivity (Wildman–Crippen MR) is 180 cm³/mol. The number of nitrogens with two attached hydrogens (primary N) is 1. The molecule has 13 nitrogen and oxygen atoms in total. The van der Waals surface area contributed by atoms with Gasteiger partial charge in [0.05, 0.1) is 11.1 Å². The number of nitrogens with one attached hydrogen (secondary N) is 2. The molecular weight excluding hydrogens is 668 g/mol. The third-order valence-electron chi connectivity index (χ3n) is 7.93. The molecule has 0 aliphatic carbocycles. The Morgan fingerprint density at radius 1 is 1.38 bits per heavy atom. The van der Waals surface area contributed by atoms with Gasteiger partial charge in [-0.1, -0.05) is 11.7 Å². The lowest BCUT2D eigenvalue weighted by atomic mass is 10.0. The molecule has 2 atom stereocenters. The highest BCUT2D eigenvalue weighted by Gasteiger charge is 2.54. The second kappa shape index (κ2) is 13.9. The fourth-order valence-corrected chi connectivity index (χ4v) is 8.81. The van der Waals surface area contributed by atoms with E-state index in [0.29, 0.717) is 42.0 Å². The van der Waals surface area contributed by atoms with Gasteiger partial charge in [0.25, 0.3) is 11.8 Å². The normalized spacial score (nSPS) is 19.8. The number of nitrogens with zero attached hydrogens (tertiary/aromatic N) is 5. The minimum Gasteiger partial charge on any atom is -0.477 e. The molecule has 246 valence electrons. The number of fused-ring (bicyclic) bond motifs is 2. The van der Waals surface area contributed by atoms with Crippen LogP contribution < -0.4 is 25.8 Å². The number of nitrogen functional groups attached to an aromatic ring is 1. The number of thioether (sulfide) groups is 2. The second-order valence-electron chi connectivity index (χ2n) is 10.8. The van der Waals surface area contributed by atoms with E-state index in [1.807, 2.05) is 27.8 Å². The third-order valence-corrected chi connectivity index (χ3v) is 11.1. The van der Waals surface area contributed by atoms with E-state index < -0.39 is 29.2 Å². The zero-order chi connectivity index (χ0) is 33.2. The number of anilines is 2. The lowest BCUT2D eigenvalue weighted by Crippen LogP contribution is -2.71. The maximum Gasteiger partial charge on any atom is 0.352 e.